The third-order valence-electron chi connectivity index (χ3n) is 2.26. The molecule has 0 atom stereocenters. The molecular weight excluding hydrogens is 343 g/mol. The van der Waals surface area contributed by atoms with E-state index in [2.05, 4.69) is 15.2 Å². The van der Waals surface area contributed by atoms with Crippen molar-refractivity contribution >= 4 is 34.6 Å². The van der Waals surface area contributed by atoms with Crippen molar-refractivity contribution in [2.75, 3.05) is 3.11 Å². The Morgan fingerprint density at radius 1 is 1.28 bits per heavy atom. The lowest BCUT2D eigenvalue weighted by atomic mass is 10.2. The SMILES string of the molecule is Cc1ccc(N(I)C(=O)Cc2ccccn2)nn1. The molecule has 2 rings (SSSR count). The van der Waals surface area contributed by atoms with E-state index in [0.717, 1.165) is 11.4 Å². The van der Waals surface area contributed by atoms with Gasteiger partial charge in [0.15, 0.2) is 5.82 Å². The molecule has 18 heavy (non-hydrogen) atoms. The molecule has 2 aromatic heterocycles. The van der Waals surface area contributed by atoms with Gasteiger partial charge in [-0.3, -0.25) is 9.78 Å². The number of hydrogen-bond donors (Lipinski definition) is 0. The molecule has 2 heterocycles. The third kappa shape index (κ3) is 3.22. The van der Waals surface area contributed by atoms with Gasteiger partial charge in [0.05, 0.1) is 35.0 Å². The molecule has 0 fully saturated rings. The predicted molar refractivity (Wildman–Crippen MR) is 76.2 cm³/mol. The Bertz CT molecular complexity index is 530. The molecule has 0 spiro atoms. The zero-order valence-electron chi connectivity index (χ0n) is 9.75. The van der Waals surface area contributed by atoms with E-state index in [1.807, 2.05) is 54.1 Å². The van der Waals surface area contributed by atoms with Gasteiger partial charge in [-0.05, 0) is 31.2 Å². The van der Waals surface area contributed by atoms with Crippen molar-refractivity contribution in [3.8, 4) is 0 Å². The lowest BCUT2D eigenvalue weighted by Crippen LogP contribution is -2.23. The minimum Gasteiger partial charge on any atom is -0.273 e. The average Bonchev–Trinajstić information content (AvgIpc) is 2.40. The molecule has 0 unspecified atom stereocenters. The van der Waals surface area contributed by atoms with Gasteiger partial charge in [-0.2, -0.15) is 5.10 Å². The first-order valence-corrected chi connectivity index (χ1v) is 6.32. The molecule has 0 radical (unpaired) electrons. The maximum Gasteiger partial charge on any atom is 0.243 e. The van der Waals surface area contributed by atoms with Gasteiger partial charge < -0.3 is 0 Å². The van der Waals surface area contributed by atoms with Crippen LogP contribution in [0.4, 0.5) is 5.82 Å². The summed E-state index contributed by atoms with van der Waals surface area (Å²) in [4.78, 5) is 16.1. The lowest BCUT2D eigenvalue weighted by molar-refractivity contribution is -0.116. The molecule has 0 aliphatic heterocycles. The minimum atomic E-state index is -0.0764. The van der Waals surface area contributed by atoms with Crippen LogP contribution in [-0.2, 0) is 11.2 Å². The van der Waals surface area contributed by atoms with Crippen LogP contribution in [0.25, 0.3) is 0 Å². The van der Waals surface area contributed by atoms with Gasteiger partial charge in [-0.25, -0.2) is 3.11 Å². The number of carbonyl (C=O) groups excluding carboxylic acids is 1. The quantitative estimate of drug-likeness (QED) is 0.626. The molecule has 2 aromatic rings. The van der Waals surface area contributed by atoms with Crippen LogP contribution in [0, 0.1) is 6.92 Å². The van der Waals surface area contributed by atoms with Gasteiger partial charge in [-0.1, -0.05) is 6.07 Å². The predicted octanol–water partition coefficient (Wildman–Crippen LogP) is 2.11. The van der Waals surface area contributed by atoms with Gasteiger partial charge in [0, 0.05) is 11.9 Å². The second-order valence-corrected chi connectivity index (χ2v) is 4.67. The lowest BCUT2D eigenvalue weighted by Gasteiger charge is -2.12. The Morgan fingerprint density at radius 3 is 2.72 bits per heavy atom. The monoisotopic (exact) mass is 354 g/mol. The summed E-state index contributed by atoms with van der Waals surface area (Å²) in [5.41, 5.74) is 1.56. The first-order chi connectivity index (χ1) is 8.66. The fraction of sp³-hybridized carbons (Fsp3) is 0.167. The summed E-state index contributed by atoms with van der Waals surface area (Å²) in [6.45, 7) is 1.85. The Morgan fingerprint density at radius 2 is 2.11 bits per heavy atom. The van der Waals surface area contributed by atoms with E-state index in [9.17, 15) is 4.79 Å². The highest BCUT2D eigenvalue weighted by molar-refractivity contribution is 14.1. The first-order valence-electron chi connectivity index (χ1n) is 5.36. The Balaban J connectivity index is 2.07. The number of rotatable bonds is 3. The van der Waals surface area contributed by atoms with E-state index in [1.165, 1.54) is 3.11 Å². The molecule has 5 nitrogen and oxygen atoms in total. The number of pyridine rings is 1. The molecule has 0 bridgehead atoms. The van der Waals surface area contributed by atoms with Gasteiger partial charge in [-0.15, -0.1) is 5.10 Å². The molecule has 6 heteroatoms. The molecule has 0 saturated carbocycles. The first kappa shape index (κ1) is 12.9. The van der Waals surface area contributed by atoms with Gasteiger partial charge in [0.25, 0.3) is 0 Å². The standard InChI is InChI=1S/C12H11IN4O/c1-9-5-6-11(16-15-9)17(13)12(18)8-10-4-2-3-7-14-10/h2-7H,8H2,1H3. The van der Waals surface area contributed by atoms with E-state index in [-0.39, 0.29) is 12.3 Å². The van der Waals surface area contributed by atoms with Gasteiger partial charge in [0.1, 0.15) is 0 Å². The molecule has 0 aliphatic rings. The minimum absolute atomic E-state index is 0.0764. The van der Waals surface area contributed by atoms with Crippen LogP contribution in [0.1, 0.15) is 11.4 Å². The number of aryl methyl sites for hydroxylation is 1. The summed E-state index contributed by atoms with van der Waals surface area (Å²) in [6.07, 6.45) is 1.92. The number of amides is 1. The number of anilines is 1. The van der Waals surface area contributed by atoms with Crippen LogP contribution in [-0.4, -0.2) is 21.1 Å². The van der Waals surface area contributed by atoms with Crippen molar-refractivity contribution in [3.63, 3.8) is 0 Å². The topological polar surface area (TPSA) is 59.0 Å². The van der Waals surface area contributed by atoms with Crippen LogP contribution in [0.2, 0.25) is 0 Å². The maximum atomic E-state index is 12.0. The summed E-state index contributed by atoms with van der Waals surface area (Å²) in [5.74, 6) is 0.453. The van der Waals surface area contributed by atoms with Gasteiger partial charge >= 0.3 is 0 Å². The molecule has 0 N–H and O–H groups in total. The largest absolute Gasteiger partial charge is 0.273 e. The fourth-order valence-electron chi connectivity index (χ4n) is 1.35. The van der Waals surface area contributed by atoms with Crippen LogP contribution in [0.3, 0.4) is 0 Å². The van der Waals surface area contributed by atoms with E-state index >= 15 is 0 Å². The summed E-state index contributed by atoms with van der Waals surface area (Å²) < 4.78 is 1.46. The average molecular weight is 354 g/mol. The van der Waals surface area contributed by atoms with Crippen LogP contribution in [0.15, 0.2) is 36.5 Å². The normalized spacial score (nSPS) is 10.1. The molecule has 0 saturated heterocycles. The smallest absolute Gasteiger partial charge is 0.243 e. The highest BCUT2D eigenvalue weighted by Gasteiger charge is 2.15. The Kier molecular flexibility index (Phi) is 4.19. The van der Waals surface area contributed by atoms with Crippen LogP contribution >= 0.6 is 22.9 Å². The van der Waals surface area contributed by atoms with Gasteiger partial charge in [0.2, 0.25) is 5.91 Å². The molecule has 0 aromatic carbocycles. The molecule has 92 valence electrons. The van der Waals surface area contributed by atoms with Crippen molar-refractivity contribution in [2.45, 2.75) is 13.3 Å². The van der Waals surface area contributed by atoms with Crippen molar-refractivity contribution in [3.05, 3.63) is 47.9 Å². The zero-order chi connectivity index (χ0) is 13.0. The highest BCUT2D eigenvalue weighted by atomic mass is 127. The van der Waals surface area contributed by atoms with Crippen molar-refractivity contribution < 1.29 is 4.79 Å². The van der Waals surface area contributed by atoms with Crippen molar-refractivity contribution in [2.24, 2.45) is 0 Å². The number of nitrogens with zero attached hydrogens (tertiary/aromatic N) is 4. The number of carbonyl (C=O) groups is 1. The second kappa shape index (κ2) is 5.85. The number of hydrogen-bond acceptors (Lipinski definition) is 4. The highest BCUT2D eigenvalue weighted by Crippen LogP contribution is 2.15. The number of aromatic nitrogens is 3. The fourth-order valence-corrected chi connectivity index (χ4v) is 1.78. The van der Waals surface area contributed by atoms with E-state index in [1.54, 1.807) is 12.3 Å². The zero-order valence-corrected chi connectivity index (χ0v) is 11.9. The third-order valence-corrected chi connectivity index (χ3v) is 3.29. The number of halogens is 1. The molecule has 1 amide bonds. The Labute approximate surface area is 119 Å². The van der Waals surface area contributed by atoms with Crippen LogP contribution < -0.4 is 3.11 Å². The summed E-state index contributed by atoms with van der Waals surface area (Å²) in [5, 5.41) is 7.89. The van der Waals surface area contributed by atoms with E-state index in [4.69, 9.17) is 0 Å². The molecule has 0 aliphatic carbocycles. The maximum absolute atomic E-state index is 12.0. The van der Waals surface area contributed by atoms with E-state index in [0.29, 0.717) is 5.82 Å². The van der Waals surface area contributed by atoms with E-state index < -0.39 is 0 Å². The molecular formula is C12H11IN4O. The van der Waals surface area contributed by atoms with Crippen molar-refractivity contribution in [1.82, 2.24) is 15.2 Å². The van der Waals surface area contributed by atoms with Crippen LogP contribution in [0.5, 0.6) is 0 Å². The van der Waals surface area contributed by atoms with Crippen molar-refractivity contribution in [1.29, 1.82) is 0 Å². The summed E-state index contributed by atoms with van der Waals surface area (Å²) >= 11 is 1.93. The summed E-state index contributed by atoms with van der Waals surface area (Å²) in [7, 11) is 0. The Hall–Kier alpha value is -1.57. The second-order valence-electron chi connectivity index (χ2n) is 3.71. The summed E-state index contributed by atoms with van der Waals surface area (Å²) in [6, 6.07) is 9.09.